The molecule has 0 aliphatic heterocycles. The molecule has 0 bridgehead atoms. The fraction of sp³-hybridized carbons (Fsp3) is 0.615. The number of hydrogen-bond donors (Lipinski definition) is 2. The number of pyridine rings is 1. The number of rotatable bonds is 4. The molecular formula is C13H23N3. The van der Waals surface area contributed by atoms with Crippen LogP contribution < -0.4 is 11.1 Å². The molecule has 90 valence electrons. The second-order valence-electron chi connectivity index (χ2n) is 5.48. The molecule has 3 heteroatoms. The molecule has 0 saturated carbocycles. The first-order valence-electron chi connectivity index (χ1n) is 5.80. The van der Waals surface area contributed by atoms with Crippen molar-refractivity contribution in [2.24, 2.45) is 11.3 Å². The van der Waals surface area contributed by atoms with Gasteiger partial charge in [-0.15, -0.1) is 0 Å². The van der Waals surface area contributed by atoms with E-state index in [-0.39, 0.29) is 0 Å². The van der Waals surface area contributed by atoms with E-state index < -0.39 is 0 Å². The maximum Gasteiger partial charge on any atom is 0.0543 e. The van der Waals surface area contributed by atoms with E-state index in [1.807, 2.05) is 12.1 Å². The number of hydrogen-bond acceptors (Lipinski definition) is 3. The third-order valence-corrected chi connectivity index (χ3v) is 3.08. The lowest BCUT2D eigenvalue weighted by molar-refractivity contribution is 0.252. The summed E-state index contributed by atoms with van der Waals surface area (Å²) in [5.74, 6) is 0.640. The van der Waals surface area contributed by atoms with Gasteiger partial charge in [0.2, 0.25) is 0 Å². The quantitative estimate of drug-likeness (QED) is 0.821. The summed E-state index contributed by atoms with van der Waals surface area (Å²) in [4.78, 5) is 4.25. The lowest BCUT2D eigenvalue weighted by Crippen LogP contribution is -2.29. The Morgan fingerprint density at radius 2 is 2.06 bits per heavy atom. The van der Waals surface area contributed by atoms with Crippen LogP contribution >= 0.6 is 0 Å². The van der Waals surface area contributed by atoms with Crippen LogP contribution in [0.4, 0.5) is 5.69 Å². The molecule has 1 atom stereocenters. The Labute approximate surface area is 98.5 Å². The second kappa shape index (κ2) is 5.30. The number of aromatic nitrogens is 1. The molecule has 1 rings (SSSR count). The van der Waals surface area contributed by atoms with Crippen LogP contribution in [0.1, 0.15) is 33.4 Å². The zero-order valence-electron chi connectivity index (χ0n) is 10.7. The van der Waals surface area contributed by atoms with Gasteiger partial charge in [-0.1, -0.05) is 27.7 Å². The van der Waals surface area contributed by atoms with Gasteiger partial charge in [0.05, 0.1) is 17.6 Å². The third-order valence-electron chi connectivity index (χ3n) is 3.08. The number of nitrogen functional groups attached to an aromatic ring is 1. The lowest BCUT2D eigenvalue weighted by atomic mass is 9.82. The van der Waals surface area contributed by atoms with Gasteiger partial charge in [0.25, 0.3) is 0 Å². The van der Waals surface area contributed by atoms with E-state index in [0.717, 1.165) is 18.8 Å². The molecular weight excluding hydrogens is 198 g/mol. The van der Waals surface area contributed by atoms with Crippen LogP contribution in [0.2, 0.25) is 0 Å². The highest BCUT2D eigenvalue weighted by atomic mass is 14.9. The molecule has 1 aromatic heterocycles. The third kappa shape index (κ3) is 4.19. The molecule has 16 heavy (non-hydrogen) atoms. The monoisotopic (exact) mass is 221 g/mol. The van der Waals surface area contributed by atoms with Crippen LogP contribution in [0, 0.1) is 11.3 Å². The summed E-state index contributed by atoms with van der Waals surface area (Å²) in [6, 6.07) is 3.85. The second-order valence-corrected chi connectivity index (χ2v) is 5.48. The van der Waals surface area contributed by atoms with E-state index in [9.17, 15) is 0 Å². The summed E-state index contributed by atoms with van der Waals surface area (Å²) < 4.78 is 0. The van der Waals surface area contributed by atoms with Crippen molar-refractivity contribution in [2.75, 3.05) is 12.3 Å². The van der Waals surface area contributed by atoms with E-state index in [4.69, 9.17) is 5.73 Å². The molecule has 1 aromatic rings. The van der Waals surface area contributed by atoms with Gasteiger partial charge in [-0.3, -0.25) is 4.98 Å². The van der Waals surface area contributed by atoms with E-state index >= 15 is 0 Å². The van der Waals surface area contributed by atoms with E-state index in [1.165, 1.54) is 0 Å². The first kappa shape index (κ1) is 13.0. The Morgan fingerprint density at radius 1 is 1.38 bits per heavy atom. The first-order valence-corrected chi connectivity index (χ1v) is 5.80. The highest BCUT2D eigenvalue weighted by Crippen LogP contribution is 2.24. The Hall–Kier alpha value is -1.09. The summed E-state index contributed by atoms with van der Waals surface area (Å²) in [5, 5.41) is 3.42. The normalized spacial score (nSPS) is 13.8. The van der Waals surface area contributed by atoms with Crippen molar-refractivity contribution in [1.29, 1.82) is 0 Å². The average Bonchev–Trinajstić information content (AvgIpc) is 2.19. The van der Waals surface area contributed by atoms with Crippen LogP contribution in [0.15, 0.2) is 18.3 Å². The Balaban J connectivity index is 2.33. The van der Waals surface area contributed by atoms with E-state index in [1.54, 1.807) is 6.20 Å². The summed E-state index contributed by atoms with van der Waals surface area (Å²) in [6.45, 7) is 10.9. The number of anilines is 1. The summed E-state index contributed by atoms with van der Waals surface area (Å²) >= 11 is 0. The minimum Gasteiger partial charge on any atom is -0.397 e. The van der Waals surface area contributed by atoms with Gasteiger partial charge in [-0.2, -0.15) is 0 Å². The molecule has 3 N–H and O–H groups in total. The highest BCUT2D eigenvalue weighted by Gasteiger charge is 2.19. The average molecular weight is 221 g/mol. The SMILES string of the molecule is CC(CNCc1ccc(N)cn1)C(C)(C)C. The predicted octanol–water partition coefficient (Wildman–Crippen LogP) is 2.44. The Morgan fingerprint density at radius 3 is 2.56 bits per heavy atom. The van der Waals surface area contributed by atoms with Crippen molar-refractivity contribution >= 4 is 5.69 Å². The smallest absolute Gasteiger partial charge is 0.0543 e. The molecule has 0 aliphatic carbocycles. The highest BCUT2D eigenvalue weighted by molar-refractivity contribution is 5.34. The van der Waals surface area contributed by atoms with Gasteiger partial charge in [-0.05, 0) is 30.0 Å². The summed E-state index contributed by atoms with van der Waals surface area (Å²) in [5.41, 5.74) is 7.68. The van der Waals surface area contributed by atoms with Crippen molar-refractivity contribution in [1.82, 2.24) is 10.3 Å². The maximum atomic E-state index is 5.58. The van der Waals surface area contributed by atoms with E-state index in [0.29, 0.717) is 17.0 Å². The van der Waals surface area contributed by atoms with Crippen molar-refractivity contribution in [2.45, 2.75) is 34.2 Å². The topological polar surface area (TPSA) is 50.9 Å². The van der Waals surface area contributed by atoms with Gasteiger partial charge in [-0.25, -0.2) is 0 Å². The Kier molecular flexibility index (Phi) is 4.30. The van der Waals surface area contributed by atoms with Gasteiger partial charge >= 0.3 is 0 Å². The maximum absolute atomic E-state index is 5.58. The van der Waals surface area contributed by atoms with Crippen molar-refractivity contribution in [3.8, 4) is 0 Å². The van der Waals surface area contributed by atoms with Crippen LogP contribution in [0.25, 0.3) is 0 Å². The van der Waals surface area contributed by atoms with Crippen molar-refractivity contribution in [3.63, 3.8) is 0 Å². The van der Waals surface area contributed by atoms with Crippen molar-refractivity contribution < 1.29 is 0 Å². The fourth-order valence-corrected chi connectivity index (χ4v) is 1.26. The van der Waals surface area contributed by atoms with Gasteiger partial charge in [0.15, 0.2) is 0 Å². The van der Waals surface area contributed by atoms with Crippen LogP contribution in [-0.4, -0.2) is 11.5 Å². The van der Waals surface area contributed by atoms with Gasteiger partial charge in [0.1, 0.15) is 0 Å². The number of nitrogens with two attached hydrogens (primary N) is 1. The molecule has 0 amide bonds. The summed E-state index contributed by atoms with van der Waals surface area (Å²) in [6.07, 6.45) is 1.70. The minimum absolute atomic E-state index is 0.349. The molecule has 0 fully saturated rings. The molecule has 0 aromatic carbocycles. The molecule has 0 aliphatic rings. The summed E-state index contributed by atoms with van der Waals surface area (Å²) in [7, 11) is 0. The lowest BCUT2D eigenvalue weighted by Gasteiger charge is -2.27. The van der Waals surface area contributed by atoms with Gasteiger partial charge in [0, 0.05) is 6.54 Å². The zero-order valence-corrected chi connectivity index (χ0v) is 10.7. The van der Waals surface area contributed by atoms with Crippen LogP contribution in [-0.2, 0) is 6.54 Å². The minimum atomic E-state index is 0.349. The first-order chi connectivity index (χ1) is 7.39. The molecule has 0 spiro atoms. The zero-order chi connectivity index (χ0) is 12.2. The number of nitrogens with zero attached hydrogens (tertiary/aromatic N) is 1. The number of nitrogens with one attached hydrogen (secondary N) is 1. The predicted molar refractivity (Wildman–Crippen MR) is 69.0 cm³/mol. The molecule has 0 saturated heterocycles. The van der Waals surface area contributed by atoms with Gasteiger partial charge < -0.3 is 11.1 Å². The fourth-order valence-electron chi connectivity index (χ4n) is 1.26. The van der Waals surface area contributed by atoms with E-state index in [2.05, 4.69) is 38.0 Å². The molecule has 0 radical (unpaired) electrons. The van der Waals surface area contributed by atoms with Crippen molar-refractivity contribution in [3.05, 3.63) is 24.0 Å². The molecule has 3 nitrogen and oxygen atoms in total. The van der Waals surface area contributed by atoms with Crippen LogP contribution in [0.3, 0.4) is 0 Å². The molecule has 1 heterocycles. The van der Waals surface area contributed by atoms with Crippen LogP contribution in [0.5, 0.6) is 0 Å². The largest absolute Gasteiger partial charge is 0.397 e. The standard InChI is InChI=1S/C13H23N3/c1-10(13(2,3)4)7-15-9-12-6-5-11(14)8-16-12/h5-6,8,10,15H,7,9,14H2,1-4H3. The Bertz CT molecular complexity index is 311. The molecule has 1 unspecified atom stereocenters.